The van der Waals surface area contributed by atoms with E-state index < -0.39 is 5.97 Å². The van der Waals surface area contributed by atoms with E-state index in [9.17, 15) is 4.79 Å². The van der Waals surface area contributed by atoms with Gasteiger partial charge in [-0.15, -0.1) is 0 Å². The fourth-order valence-corrected chi connectivity index (χ4v) is 2.94. The summed E-state index contributed by atoms with van der Waals surface area (Å²) in [6.07, 6.45) is 0.994. The Labute approximate surface area is 124 Å². The van der Waals surface area contributed by atoms with E-state index in [1.807, 2.05) is 12.1 Å². The summed E-state index contributed by atoms with van der Waals surface area (Å²) < 4.78 is 4.79. The first kappa shape index (κ1) is 13.5. The maximum Gasteiger partial charge on any atom is 0.340 e. The van der Waals surface area contributed by atoms with Gasteiger partial charge in [-0.25, -0.2) is 4.79 Å². The molecule has 2 N–H and O–H groups in total. The summed E-state index contributed by atoms with van der Waals surface area (Å²) in [5.41, 5.74) is 10.2. The van der Waals surface area contributed by atoms with Crippen LogP contribution in [0.5, 0.6) is 0 Å². The van der Waals surface area contributed by atoms with E-state index in [1.165, 1.54) is 18.4 Å². The Balaban J connectivity index is 2.07. The van der Waals surface area contributed by atoms with Gasteiger partial charge in [-0.3, -0.25) is 0 Å². The zero-order valence-electron chi connectivity index (χ0n) is 12.2. The Hall–Kier alpha value is -2.49. The fourth-order valence-electron chi connectivity index (χ4n) is 2.94. The number of ether oxygens (including phenoxy) is 1. The lowest BCUT2D eigenvalue weighted by atomic mass is 10.1. The predicted molar refractivity (Wildman–Crippen MR) is 83.9 cm³/mol. The van der Waals surface area contributed by atoms with Crippen molar-refractivity contribution in [2.45, 2.75) is 19.4 Å². The van der Waals surface area contributed by atoms with Crippen LogP contribution in [0.15, 0.2) is 42.5 Å². The van der Waals surface area contributed by atoms with Crippen molar-refractivity contribution in [1.29, 1.82) is 0 Å². The molecule has 0 saturated carbocycles. The molecule has 0 spiro atoms. The number of hydrogen-bond acceptors (Lipinski definition) is 4. The van der Waals surface area contributed by atoms with Gasteiger partial charge in [0.15, 0.2) is 0 Å². The number of benzene rings is 2. The average molecular weight is 282 g/mol. The number of carbonyl (C=O) groups excluding carboxylic acids is 1. The molecule has 1 aliphatic heterocycles. The van der Waals surface area contributed by atoms with Crippen LogP contribution in [0, 0.1) is 0 Å². The molecule has 1 unspecified atom stereocenters. The summed E-state index contributed by atoms with van der Waals surface area (Å²) in [4.78, 5) is 14.0. The van der Waals surface area contributed by atoms with E-state index >= 15 is 0 Å². The minimum atomic E-state index is -0.408. The Morgan fingerprint density at radius 3 is 2.81 bits per heavy atom. The number of nitrogen functional groups attached to an aromatic ring is 1. The van der Waals surface area contributed by atoms with Crippen molar-refractivity contribution in [3.63, 3.8) is 0 Å². The quantitative estimate of drug-likeness (QED) is 0.679. The summed E-state index contributed by atoms with van der Waals surface area (Å²) in [6, 6.07) is 14.2. The molecule has 1 heterocycles. The highest BCUT2D eigenvalue weighted by molar-refractivity contribution is 5.96. The smallest absolute Gasteiger partial charge is 0.340 e. The number of carbonyl (C=O) groups is 1. The number of esters is 1. The molecule has 21 heavy (non-hydrogen) atoms. The molecule has 0 aromatic heterocycles. The second-order valence-electron chi connectivity index (χ2n) is 5.31. The van der Waals surface area contributed by atoms with Gasteiger partial charge in [0, 0.05) is 23.1 Å². The fraction of sp³-hybridized carbons (Fsp3) is 0.235. The molecule has 1 atom stereocenters. The molecular weight excluding hydrogens is 264 g/mol. The minimum absolute atomic E-state index is 0.344. The maximum absolute atomic E-state index is 11.8. The normalized spacial score (nSPS) is 16.7. The summed E-state index contributed by atoms with van der Waals surface area (Å²) in [5, 5.41) is 0. The monoisotopic (exact) mass is 282 g/mol. The Kier molecular flexibility index (Phi) is 3.29. The standard InChI is InChI=1S/C17H18N2O2/c1-11-9-12-5-3-4-6-16(12)19(11)13-7-8-15(18)14(10-13)17(20)21-2/h3-8,10-11H,9,18H2,1-2H3. The third-order valence-corrected chi connectivity index (χ3v) is 3.93. The molecule has 4 nitrogen and oxygen atoms in total. The van der Waals surface area contributed by atoms with E-state index in [1.54, 1.807) is 12.1 Å². The SMILES string of the molecule is COC(=O)c1cc(N2c3ccccc3CC2C)ccc1N. The number of fused-ring (bicyclic) bond motifs is 1. The van der Waals surface area contributed by atoms with E-state index in [-0.39, 0.29) is 0 Å². The topological polar surface area (TPSA) is 55.6 Å². The molecule has 0 aliphatic carbocycles. The van der Waals surface area contributed by atoms with Crippen molar-refractivity contribution >= 4 is 23.0 Å². The number of para-hydroxylation sites is 1. The lowest BCUT2D eigenvalue weighted by Gasteiger charge is -2.25. The van der Waals surface area contributed by atoms with Gasteiger partial charge in [-0.1, -0.05) is 18.2 Å². The predicted octanol–water partition coefficient (Wildman–Crippen LogP) is 3.14. The van der Waals surface area contributed by atoms with Gasteiger partial charge in [-0.05, 0) is 43.2 Å². The van der Waals surface area contributed by atoms with E-state index in [4.69, 9.17) is 10.5 Å². The molecule has 2 aromatic rings. The van der Waals surface area contributed by atoms with Gasteiger partial charge in [-0.2, -0.15) is 0 Å². The van der Waals surface area contributed by atoms with Gasteiger partial charge >= 0.3 is 5.97 Å². The Morgan fingerprint density at radius 1 is 1.29 bits per heavy atom. The first-order valence-electron chi connectivity index (χ1n) is 6.97. The maximum atomic E-state index is 11.8. The molecule has 0 radical (unpaired) electrons. The van der Waals surface area contributed by atoms with Crippen LogP contribution >= 0.6 is 0 Å². The van der Waals surface area contributed by atoms with Crippen LogP contribution in [0.2, 0.25) is 0 Å². The zero-order valence-corrected chi connectivity index (χ0v) is 12.2. The third kappa shape index (κ3) is 2.23. The lowest BCUT2D eigenvalue weighted by molar-refractivity contribution is 0.0602. The number of anilines is 3. The number of nitrogens with two attached hydrogens (primary N) is 1. The van der Waals surface area contributed by atoms with Crippen LogP contribution in [-0.2, 0) is 11.2 Å². The summed E-state index contributed by atoms with van der Waals surface area (Å²) in [6.45, 7) is 2.17. The first-order chi connectivity index (χ1) is 10.1. The van der Waals surface area contributed by atoms with Crippen molar-refractivity contribution in [3.05, 3.63) is 53.6 Å². The largest absolute Gasteiger partial charge is 0.465 e. The lowest BCUT2D eigenvalue weighted by Crippen LogP contribution is -2.24. The van der Waals surface area contributed by atoms with Crippen molar-refractivity contribution in [2.24, 2.45) is 0 Å². The van der Waals surface area contributed by atoms with Gasteiger partial charge < -0.3 is 15.4 Å². The van der Waals surface area contributed by atoms with Crippen molar-refractivity contribution in [1.82, 2.24) is 0 Å². The number of methoxy groups -OCH3 is 1. The highest BCUT2D eigenvalue weighted by Gasteiger charge is 2.27. The molecule has 4 heteroatoms. The molecule has 2 aromatic carbocycles. The van der Waals surface area contributed by atoms with Crippen LogP contribution < -0.4 is 10.6 Å². The molecule has 0 saturated heterocycles. The van der Waals surface area contributed by atoms with Crippen molar-refractivity contribution < 1.29 is 9.53 Å². The molecule has 3 rings (SSSR count). The van der Waals surface area contributed by atoms with Crippen molar-refractivity contribution in [3.8, 4) is 0 Å². The van der Waals surface area contributed by atoms with E-state index in [2.05, 4.69) is 30.0 Å². The number of nitrogens with zero attached hydrogens (tertiary/aromatic N) is 1. The summed E-state index contributed by atoms with van der Waals surface area (Å²) >= 11 is 0. The minimum Gasteiger partial charge on any atom is -0.465 e. The molecular formula is C17H18N2O2. The van der Waals surface area contributed by atoms with Gasteiger partial charge in [0.25, 0.3) is 0 Å². The molecule has 108 valence electrons. The average Bonchev–Trinajstić information content (AvgIpc) is 2.83. The summed E-state index contributed by atoms with van der Waals surface area (Å²) in [7, 11) is 1.36. The highest BCUT2D eigenvalue weighted by atomic mass is 16.5. The summed E-state index contributed by atoms with van der Waals surface area (Å²) in [5.74, 6) is -0.408. The zero-order chi connectivity index (χ0) is 15.0. The molecule has 1 aliphatic rings. The molecule has 0 fully saturated rings. The number of hydrogen-bond donors (Lipinski definition) is 1. The molecule has 0 bridgehead atoms. The van der Waals surface area contributed by atoms with Crippen molar-refractivity contribution in [2.75, 3.05) is 17.7 Å². The van der Waals surface area contributed by atoms with Crippen LogP contribution in [-0.4, -0.2) is 19.1 Å². The van der Waals surface area contributed by atoms with Gasteiger partial charge in [0.1, 0.15) is 0 Å². The first-order valence-corrected chi connectivity index (χ1v) is 6.97. The molecule has 0 amide bonds. The Bertz CT molecular complexity index is 697. The Morgan fingerprint density at radius 2 is 2.05 bits per heavy atom. The van der Waals surface area contributed by atoms with Crippen LogP contribution in [0.3, 0.4) is 0 Å². The number of rotatable bonds is 2. The van der Waals surface area contributed by atoms with Crippen LogP contribution in [0.25, 0.3) is 0 Å². The third-order valence-electron chi connectivity index (χ3n) is 3.93. The van der Waals surface area contributed by atoms with Crippen LogP contribution in [0.4, 0.5) is 17.1 Å². The van der Waals surface area contributed by atoms with E-state index in [0.717, 1.165) is 12.1 Å². The van der Waals surface area contributed by atoms with Crippen LogP contribution in [0.1, 0.15) is 22.8 Å². The van der Waals surface area contributed by atoms with E-state index in [0.29, 0.717) is 17.3 Å². The second-order valence-corrected chi connectivity index (χ2v) is 5.31. The second kappa shape index (κ2) is 5.13. The van der Waals surface area contributed by atoms with Gasteiger partial charge in [0.05, 0.1) is 12.7 Å². The highest BCUT2D eigenvalue weighted by Crippen LogP contribution is 2.38. The van der Waals surface area contributed by atoms with Gasteiger partial charge in [0.2, 0.25) is 0 Å².